The average molecular weight is 327 g/mol. The van der Waals surface area contributed by atoms with Gasteiger partial charge in [-0.15, -0.1) is 0 Å². The Hall–Kier alpha value is -1.57. The highest BCUT2D eigenvalue weighted by Gasteiger charge is 2.22. The van der Waals surface area contributed by atoms with Crippen LogP contribution in [0.4, 0.5) is 0 Å². The van der Waals surface area contributed by atoms with Crippen molar-refractivity contribution in [1.82, 2.24) is 14.8 Å². The summed E-state index contributed by atoms with van der Waals surface area (Å²) in [7, 11) is 1.61. The molecule has 1 aromatic carbocycles. The number of halogens is 1. The number of aromatic amines is 1. The Bertz CT molecular complexity index is 756. The summed E-state index contributed by atoms with van der Waals surface area (Å²) in [5, 5.41) is 3.19. The summed E-state index contributed by atoms with van der Waals surface area (Å²) in [4.78, 5) is 26.4. The van der Waals surface area contributed by atoms with E-state index in [2.05, 4.69) is 10.1 Å². The van der Waals surface area contributed by atoms with Gasteiger partial charge in [0.2, 0.25) is 0 Å². The van der Waals surface area contributed by atoms with E-state index in [1.807, 2.05) is 25.1 Å². The molecular weight excluding hydrogens is 312 g/mol. The fraction of sp³-hybridized carbons (Fsp3) is 0.308. The number of aryl methyl sites for hydroxylation is 1. The Kier molecular flexibility index (Phi) is 4.87. The highest BCUT2D eigenvalue weighted by molar-refractivity contribution is 7.99. The van der Waals surface area contributed by atoms with E-state index < -0.39 is 11.1 Å². The maximum atomic E-state index is 11.4. The molecule has 3 N–H and O–H groups in total. The highest BCUT2D eigenvalue weighted by atomic mass is 35.5. The number of nitrogens with zero attached hydrogens (tertiary/aromatic N) is 2. The third-order valence-electron chi connectivity index (χ3n) is 2.87. The smallest absolute Gasteiger partial charge is 0.327 e. The number of H-pyrrole nitrogens is 1. The van der Waals surface area contributed by atoms with E-state index in [9.17, 15) is 9.59 Å². The van der Waals surface area contributed by atoms with Crippen LogP contribution in [0.1, 0.15) is 17.7 Å². The molecule has 21 heavy (non-hydrogen) atoms. The first-order chi connectivity index (χ1) is 9.90. The fourth-order valence-corrected chi connectivity index (χ4v) is 3.27. The predicted octanol–water partition coefficient (Wildman–Crippen LogP) is 1.30. The Morgan fingerprint density at radius 1 is 1.38 bits per heavy atom. The number of aromatic nitrogens is 3. The van der Waals surface area contributed by atoms with Gasteiger partial charge in [-0.3, -0.25) is 19.4 Å². The van der Waals surface area contributed by atoms with E-state index in [1.165, 1.54) is 16.4 Å². The second-order valence-corrected chi connectivity index (χ2v) is 6.13. The molecule has 2 aromatic rings. The van der Waals surface area contributed by atoms with Gasteiger partial charge in [0, 0.05) is 18.1 Å². The minimum Gasteiger partial charge on any atom is -0.327 e. The van der Waals surface area contributed by atoms with Crippen molar-refractivity contribution in [3.63, 3.8) is 0 Å². The van der Waals surface area contributed by atoms with Gasteiger partial charge in [-0.1, -0.05) is 41.6 Å². The van der Waals surface area contributed by atoms with Gasteiger partial charge < -0.3 is 5.73 Å². The lowest BCUT2D eigenvalue weighted by Crippen LogP contribution is -2.34. The largest absolute Gasteiger partial charge is 0.339 e. The zero-order valence-electron chi connectivity index (χ0n) is 11.5. The molecule has 1 aromatic heterocycles. The molecule has 2 rings (SSSR count). The van der Waals surface area contributed by atoms with Crippen LogP contribution in [0, 0.1) is 0 Å². The Balaban J connectivity index is 2.43. The number of benzene rings is 1. The van der Waals surface area contributed by atoms with Crippen LogP contribution in [0.15, 0.2) is 39.0 Å². The first-order valence-corrected chi connectivity index (χ1v) is 7.50. The zero-order valence-corrected chi connectivity index (χ0v) is 13.1. The lowest BCUT2D eigenvalue weighted by Gasteiger charge is -2.22. The number of nitrogens with one attached hydrogen (secondary N) is 1. The monoisotopic (exact) mass is 326 g/mol. The van der Waals surface area contributed by atoms with E-state index in [-0.39, 0.29) is 11.3 Å². The maximum absolute atomic E-state index is 11.4. The molecule has 0 radical (unpaired) electrons. The van der Waals surface area contributed by atoms with Gasteiger partial charge in [-0.2, -0.15) is 4.98 Å². The van der Waals surface area contributed by atoms with Crippen molar-refractivity contribution in [1.29, 1.82) is 0 Å². The van der Waals surface area contributed by atoms with Crippen molar-refractivity contribution in [2.24, 2.45) is 12.8 Å². The molecule has 112 valence electrons. The van der Waals surface area contributed by atoms with Crippen LogP contribution in [0.5, 0.6) is 0 Å². The summed E-state index contributed by atoms with van der Waals surface area (Å²) in [5.74, 6) is 0. The minimum atomic E-state index is -0.821. The van der Waals surface area contributed by atoms with Crippen molar-refractivity contribution in [3.05, 3.63) is 55.6 Å². The van der Waals surface area contributed by atoms with Crippen molar-refractivity contribution in [2.75, 3.05) is 0 Å². The fourth-order valence-electron chi connectivity index (χ4n) is 1.84. The van der Waals surface area contributed by atoms with Crippen LogP contribution in [0.25, 0.3) is 0 Å². The lowest BCUT2D eigenvalue weighted by molar-refractivity contribution is 0.592. The summed E-state index contributed by atoms with van der Waals surface area (Å²) in [6.45, 7) is 1.85. The van der Waals surface area contributed by atoms with Gasteiger partial charge in [-0.05, 0) is 18.6 Å². The third-order valence-corrected chi connectivity index (χ3v) is 4.73. The average Bonchev–Trinajstić information content (AvgIpc) is 2.42. The standard InChI is InChI=1S/C13H15ClN4O2S/c1-7(15)10(8-5-3-4-6-9(8)14)21-13-16-11(19)12(20)17-18(13)2/h3-7,10H,15H2,1-2H3,(H,17,20). The van der Waals surface area contributed by atoms with E-state index in [0.29, 0.717) is 10.2 Å². The number of thioether (sulfide) groups is 1. The second-order valence-electron chi connectivity index (χ2n) is 4.62. The van der Waals surface area contributed by atoms with Crippen LogP contribution < -0.4 is 16.9 Å². The van der Waals surface area contributed by atoms with E-state index in [1.54, 1.807) is 13.1 Å². The van der Waals surface area contributed by atoms with Crippen LogP contribution in [0.2, 0.25) is 5.02 Å². The molecule has 1 heterocycles. The summed E-state index contributed by atoms with van der Waals surface area (Å²) < 4.78 is 1.40. The van der Waals surface area contributed by atoms with Crippen molar-refractivity contribution in [2.45, 2.75) is 23.4 Å². The second kappa shape index (κ2) is 6.46. The van der Waals surface area contributed by atoms with Crippen LogP contribution >= 0.6 is 23.4 Å². The molecule has 0 aliphatic heterocycles. The molecular formula is C13H15ClN4O2S. The number of nitrogens with two attached hydrogens (primary N) is 1. The Morgan fingerprint density at radius 3 is 2.67 bits per heavy atom. The predicted molar refractivity (Wildman–Crippen MR) is 83.8 cm³/mol. The highest BCUT2D eigenvalue weighted by Crippen LogP contribution is 2.38. The molecule has 0 spiro atoms. The van der Waals surface area contributed by atoms with Gasteiger partial charge >= 0.3 is 11.1 Å². The molecule has 2 unspecified atom stereocenters. The molecule has 0 bridgehead atoms. The molecule has 0 aliphatic rings. The van der Waals surface area contributed by atoms with Crippen LogP contribution in [-0.2, 0) is 7.05 Å². The van der Waals surface area contributed by atoms with E-state index >= 15 is 0 Å². The molecule has 2 atom stereocenters. The summed E-state index contributed by atoms with van der Waals surface area (Å²) in [6.07, 6.45) is 0. The van der Waals surface area contributed by atoms with E-state index in [0.717, 1.165) is 5.56 Å². The summed E-state index contributed by atoms with van der Waals surface area (Å²) in [5.41, 5.74) is 5.32. The van der Waals surface area contributed by atoms with Crippen LogP contribution in [-0.4, -0.2) is 20.8 Å². The Morgan fingerprint density at radius 2 is 2.05 bits per heavy atom. The molecule has 8 heteroatoms. The summed E-state index contributed by atoms with van der Waals surface area (Å²) >= 11 is 7.50. The topological polar surface area (TPSA) is 93.8 Å². The third kappa shape index (κ3) is 3.55. The van der Waals surface area contributed by atoms with Crippen molar-refractivity contribution >= 4 is 23.4 Å². The first-order valence-electron chi connectivity index (χ1n) is 6.24. The normalized spacial score (nSPS) is 13.9. The van der Waals surface area contributed by atoms with Crippen LogP contribution in [0.3, 0.4) is 0 Å². The molecule has 0 saturated heterocycles. The molecule has 6 nitrogen and oxygen atoms in total. The number of rotatable bonds is 4. The van der Waals surface area contributed by atoms with Gasteiger partial charge in [0.15, 0.2) is 5.16 Å². The Labute approximate surface area is 130 Å². The molecule has 0 fully saturated rings. The van der Waals surface area contributed by atoms with Gasteiger partial charge in [-0.25, -0.2) is 0 Å². The summed E-state index contributed by atoms with van der Waals surface area (Å²) in [6, 6.07) is 7.15. The maximum Gasteiger partial charge on any atom is 0.339 e. The SMILES string of the molecule is CC(N)C(Sc1nc(=O)c(=O)[nH]n1C)c1ccccc1Cl. The van der Waals surface area contributed by atoms with Crippen molar-refractivity contribution in [3.8, 4) is 0 Å². The number of hydrogen-bond donors (Lipinski definition) is 2. The first kappa shape index (κ1) is 15.8. The lowest BCUT2D eigenvalue weighted by atomic mass is 10.1. The van der Waals surface area contributed by atoms with Gasteiger partial charge in [0.1, 0.15) is 0 Å². The van der Waals surface area contributed by atoms with Gasteiger partial charge in [0.25, 0.3) is 0 Å². The number of hydrogen-bond acceptors (Lipinski definition) is 5. The zero-order chi connectivity index (χ0) is 15.6. The quantitative estimate of drug-likeness (QED) is 0.652. The molecule has 0 aliphatic carbocycles. The minimum absolute atomic E-state index is 0.192. The molecule has 0 amide bonds. The molecule has 0 saturated carbocycles. The van der Waals surface area contributed by atoms with E-state index in [4.69, 9.17) is 17.3 Å². The van der Waals surface area contributed by atoms with Gasteiger partial charge in [0.05, 0.1) is 5.25 Å². The van der Waals surface area contributed by atoms with Crippen molar-refractivity contribution < 1.29 is 0 Å².